The van der Waals surface area contributed by atoms with Crippen LogP contribution >= 0.6 is 0 Å². The second-order valence-corrected chi connectivity index (χ2v) is 8.59. The molecule has 0 aromatic heterocycles. The Morgan fingerprint density at radius 3 is 1.87 bits per heavy atom. The summed E-state index contributed by atoms with van der Waals surface area (Å²) in [7, 11) is 0. The first-order valence-electron chi connectivity index (χ1n) is 12.3. The minimum absolute atomic E-state index is 0.0537. The van der Waals surface area contributed by atoms with Crippen LogP contribution in [0.1, 0.15) is 114 Å². The van der Waals surface area contributed by atoms with Crippen LogP contribution in [0, 0.1) is 0 Å². The first-order valence-corrected chi connectivity index (χ1v) is 12.3. The summed E-state index contributed by atoms with van der Waals surface area (Å²) in [5.74, 6) is 0.570. The lowest BCUT2D eigenvalue weighted by Gasteiger charge is -2.11. The summed E-state index contributed by atoms with van der Waals surface area (Å²) in [5.41, 5.74) is 1.54. The quantitative estimate of drug-likeness (QED) is 0.184. The Balaban J connectivity index is 1.99. The van der Waals surface area contributed by atoms with Crippen molar-refractivity contribution in [3.63, 3.8) is 0 Å². The van der Waals surface area contributed by atoms with Crippen LogP contribution in [0.4, 0.5) is 0 Å². The maximum Gasteiger partial charge on any atom is 0.255 e. The number of carbonyl (C=O) groups is 1. The van der Waals surface area contributed by atoms with E-state index in [4.69, 9.17) is 4.74 Å². The van der Waals surface area contributed by atoms with E-state index in [1.807, 2.05) is 31.2 Å². The molecule has 3 heteroatoms. The average molecular weight is 416 g/mol. The molecule has 0 saturated carbocycles. The third kappa shape index (κ3) is 13.5. The molecule has 0 fully saturated rings. The molecule has 30 heavy (non-hydrogen) atoms. The minimum atomic E-state index is -0.0537. The Labute approximate surface area is 185 Å². The molecule has 1 amide bonds. The monoisotopic (exact) mass is 415 g/mol. The first-order chi connectivity index (χ1) is 14.6. The van der Waals surface area contributed by atoms with E-state index in [2.05, 4.69) is 18.8 Å². The van der Waals surface area contributed by atoms with Crippen molar-refractivity contribution in [2.45, 2.75) is 104 Å². The lowest BCUT2D eigenvalue weighted by Crippen LogP contribution is -2.25. The van der Waals surface area contributed by atoms with E-state index in [0.717, 1.165) is 18.5 Å². The number of carbonyl (C=O) groups excluding carboxylic acids is 1. The van der Waals surface area contributed by atoms with Crippen LogP contribution in [-0.2, 0) is 0 Å². The molecule has 1 rings (SSSR count). The number of unbranched alkanes of at least 4 members (excludes halogenated alkanes) is 13. The largest absolute Gasteiger partial charge is 0.488 e. The molecule has 0 spiro atoms. The van der Waals surface area contributed by atoms with Crippen molar-refractivity contribution in [2.75, 3.05) is 13.2 Å². The lowest BCUT2D eigenvalue weighted by molar-refractivity contribution is 0.0949. The van der Waals surface area contributed by atoms with Crippen LogP contribution in [-0.4, -0.2) is 19.1 Å². The van der Waals surface area contributed by atoms with E-state index in [1.165, 1.54) is 83.5 Å². The smallest absolute Gasteiger partial charge is 0.255 e. The van der Waals surface area contributed by atoms with Crippen LogP contribution in [0.2, 0.25) is 0 Å². The summed E-state index contributed by atoms with van der Waals surface area (Å²) in [6.45, 7) is 9.19. The zero-order valence-electron chi connectivity index (χ0n) is 19.6. The number of hydrogen-bond acceptors (Lipinski definition) is 2. The van der Waals surface area contributed by atoms with Crippen molar-refractivity contribution in [1.29, 1.82) is 0 Å². The molecule has 0 aliphatic heterocycles. The fraction of sp³-hybridized carbons (Fsp3) is 0.667. The third-order valence-corrected chi connectivity index (χ3v) is 5.42. The molecule has 1 aromatic carbocycles. The SMILES string of the molecule is C=C(C)COc1ccccc1C(=O)NCCCCCCCCCCCCCCCC. The average Bonchev–Trinajstić information content (AvgIpc) is 2.75. The number of hydrogen-bond donors (Lipinski definition) is 1. The Kier molecular flexibility index (Phi) is 15.8. The maximum absolute atomic E-state index is 12.4. The highest BCUT2D eigenvalue weighted by Gasteiger charge is 2.11. The van der Waals surface area contributed by atoms with Gasteiger partial charge in [-0.25, -0.2) is 0 Å². The van der Waals surface area contributed by atoms with Gasteiger partial charge in [0.1, 0.15) is 12.4 Å². The second kappa shape index (κ2) is 18.0. The van der Waals surface area contributed by atoms with Crippen molar-refractivity contribution >= 4 is 5.91 Å². The molecule has 1 aromatic rings. The number of rotatable bonds is 19. The minimum Gasteiger partial charge on any atom is -0.488 e. The molecule has 170 valence electrons. The molecule has 0 aliphatic carbocycles. The van der Waals surface area contributed by atoms with E-state index in [-0.39, 0.29) is 5.91 Å². The Morgan fingerprint density at radius 1 is 0.833 bits per heavy atom. The molecule has 0 unspecified atom stereocenters. The van der Waals surface area contributed by atoms with E-state index < -0.39 is 0 Å². The van der Waals surface area contributed by atoms with E-state index >= 15 is 0 Å². The number of nitrogens with one attached hydrogen (secondary N) is 1. The maximum atomic E-state index is 12.4. The number of para-hydroxylation sites is 1. The van der Waals surface area contributed by atoms with Gasteiger partial charge in [0.05, 0.1) is 5.56 Å². The fourth-order valence-corrected chi connectivity index (χ4v) is 3.60. The Morgan fingerprint density at radius 2 is 1.33 bits per heavy atom. The number of amides is 1. The van der Waals surface area contributed by atoms with Gasteiger partial charge < -0.3 is 10.1 Å². The molecule has 0 bridgehead atoms. The van der Waals surface area contributed by atoms with Crippen LogP contribution in [0.15, 0.2) is 36.4 Å². The van der Waals surface area contributed by atoms with Gasteiger partial charge in [-0.15, -0.1) is 0 Å². The molecule has 0 heterocycles. The molecule has 0 aliphatic rings. The van der Waals surface area contributed by atoms with Gasteiger partial charge in [0.25, 0.3) is 5.91 Å². The number of ether oxygens (including phenoxy) is 1. The van der Waals surface area contributed by atoms with E-state index in [0.29, 0.717) is 17.9 Å². The molecular weight excluding hydrogens is 370 g/mol. The summed E-state index contributed by atoms with van der Waals surface area (Å²) in [4.78, 5) is 12.4. The van der Waals surface area contributed by atoms with Gasteiger partial charge in [-0.2, -0.15) is 0 Å². The summed E-state index contributed by atoms with van der Waals surface area (Å²) in [6.07, 6.45) is 18.8. The van der Waals surface area contributed by atoms with Crippen molar-refractivity contribution in [1.82, 2.24) is 5.32 Å². The predicted octanol–water partition coefficient (Wildman–Crippen LogP) is 7.85. The highest BCUT2D eigenvalue weighted by atomic mass is 16.5. The summed E-state index contributed by atoms with van der Waals surface area (Å²) >= 11 is 0. The molecule has 0 atom stereocenters. The molecule has 1 N–H and O–H groups in total. The van der Waals surface area contributed by atoms with Crippen molar-refractivity contribution in [3.05, 3.63) is 42.0 Å². The fourth-order valence-electron chi connectivity index (χ4n) is 3.60. The second-order valence-electron chi connectivity index (χ2n) is 8.59. The Bertz CT molecular complexity index is 582. The van der Waals surface area contributed by atoms with Gasteiger partial charge in [-0.3, -0.25) is 4.79 Å². The van der Waals surface area contributed by atoms with Crippen LogP contribution < -0.4 is 10.1 Å². The van der Waals surface area contributed by atoms with Gasteiger partial charge >= 0.3 is 0 Å². The van der Waals surface area contributed by atoms with Gasteiger partial charge in [-0.05, 0) is 31.1 Å². The van der Waals surface area contributed by atoms with Crippen molar-refractivity contribution < 1.29 is 9.53 Å². The van der Waals surface area contributed by atoms with Gasteiger partial charge in [-0.1, -0.05) is 109 Å². The lowest BCUT2D eigenvalue weighted by atomic mass is 10.0. The summed E-state index contributed by atoms with van der Waals surface area (Å²) in [5, 5.41) is 3.03. The predicted molar refractivity (Wildman–Crippen MR) is 129 cm³/mol. The first kappa shape index (κ1) is 26.3. The van der Waals surface area contributed by atoms with Gasteiger partial charge in [0.2, 0.25) is 0 Å². The molecular formula is C27H45NO2. The summed E-state index contributed by atoms with van der Waals surface area (Å²) in [6, 6.07) is 7.41. The highest BCUT2D eigenvalue weighted by Crippen LogP contribution is 2.18. The van der Waals surface area contributed by atoms with Gasteiger partial charge in [0, 0.05) is 6.54 Å². The third-order valence-electron chi connectivity index (χ3n) is 5.42. The van der Waals surface area contributed by atoms with E-state index in [1.54, 1.807) is 0 Å². The van der Waals surface area contributed by atoms with Crippen molar-refractivity contribution in [2.24, 2.45) is 0 Å². The zero-order chi connectivity index (χ0) is 21.9. The normalized spacial score (nSPS) is 10.7. The topological polar surface area (TPSA) is 38.3 Å². The standard InChI is InChI=1S/C27H45NO2/c1-4-5-6-7-8-9-10-11-12-13-14-15-16-19-22-28-27(29)25-20-17-18-21-26(25)30-23-24(2)3/h17-18,20-21H,2,4-16,19,22-23H2,1,3H3,(H,28,29). The van der Waals surface area contributed by atoms with Crippen LogP contribution in [0.3, 0.4) is 0 Å². The van der Waals surface area contributed by atoms with Crippen LogP contribution in [0.5, 0.6) is 5.75 Å². The highest BCUT2D eigenvalue weighted by molar-refractivity contribution is 5.96. The van der Waals surface area contributed by atoms with Crippen molar-refractivity contribution in [3.8, 4) is 5.75 Å². The van der Waals surface area contributed by atoms with Gasteiger partial charge in [0.15, 0.2) is 0 Å². The number of benzene rings is 1. The Hall–Kier alpha value is -1.77. The molecule has 0 saturated heterocycles. The van der Waals surface area contributed by atoms with Crippen LogP contribution in [0.25, 0.3) is 0 Å². The summed E-state index contributed by atoms with van der Waals surface area (Å²) < 4.78 is 5.69. The zero-order valence-corrected chi connectivity index (χ0v) is 19.6. The van der Waals surface area contributed by atoms with E-state index in [9.17, 15) is 4.79 Å². The molecule has 3 nitrogen and oxygen atoms in total. The molecule has 0 radical (unpaired) electrons.